The molecule has 0 aliphatic heterocycles. The van der Waals surface area contributed by atoms with E-state index in [0.717, 1.165) is 58.8 Å². The molecule has 1 amide bonds. The number of carbonyl (C=O) groups excluding carboxylic acids is 1. The molecule has 156 valence electrons. The fourth-order valence-corrected chi connectivity index (χ4v) is 1.94. The summed E-state index contributed by atoms with van der Waals surface area (Å²) in [6.07, 6.45) is 1.91. The van der Waals surface area contributed by atoms with Gasteiger partial charge in [0, 0.05) is 67.2 Å². The molecule has 0 rings (SSSR count). The number of carbonyl (C=O) groups is 1. The quantitative estimate of drug-likeness (QED) is 0.162. The number of methoxy groups -OCH3 is 1. The molecule has 26 heavy (non-hydrogen) atoms. The van der Waals surface area contributed by atoms with Crippen molar-refractivity contribution in [3.05, 3.63) is 0 Å². The van der Waals surface area contributed by atoms with E-state index in [9.17, 15) is 4.79 Å². The number of hydrogen-bond acceptors (Lipinski definition) is 5. The molecule has 0 aromatic heterocycles. The van der Waals surface area contributed by atoms with E-state index in [1.807, 2.05) is 6.92 Å². The number of aliphatic imine (C=N–C) groups is 1. The zero-order valence-corrected chi connectivity index (χ0v) is 19.4. The maximum atomic E-state index is 11.7. The van der Waals surface area contributed by atoms with E-state index in [4.69, 9.17) is 9.47 Å². The van der Waals surface area contributed by atoms with Crippen molar-refractivity contribution in [1.29, 1.82) is 0 Å². The number of guanidine groups is 1. The molecule has 0 saturated heterocycles. The van der Waals surface area contributed by atoms with Gasteiger partial charge in [-0.2, -0.15) is 0 Å². The minimum atomic E-state index is -0.0212. The third-order valence-electron chi connectivity index (χ3n) is 3.51. The maximum absolute atomic E-state index is 11.7. The van der Waals surface area contributed by atoms with Gasteiger partial charge in [-0.3, -0.25) is 4.79 Å². The first-order valence-corrected chi connectivity index (χ1v) is 8.98. The molecule has 0 heterocycles. The topological polar surface area (TPSA) is 78.4 Å². The molecule has 0 aromatic rings. The van der Waals surface area contributed by atoms with Crippen LogP contribution < -0.4 is 10.6 Å². The van der Waals surface area contributed by atoms with Crippen LogP contribution in [0.1, 0.15) is 19.8 Å². The Labute approximate surface area is 176 Å². The standard InChI is InChI=1S/C17H37N5O3.HI/c1-6-25-14-7-9-18-17(20-15-16(23)21(2)3)19-10-12-22(4)11-8-13-24-5;/h6-15H2,1-5H3,(H2,18,19,20);1H. The van der Waals surface area contributed by atoms with Crippen molar-refractivity contribution < 1.29 is 14.3 Å². The lowest BCUT2D eigenvalue weighted by molar-refractivity contribution is -0.127. The summed E-state index contributed by atoms with van der Waals surface area (Å²) in [4.78, 5) is 19.9. The van der Waals surface area contributed by atoms with Crippen LogP contribution in [0.3, 0.4) is 0 Å². The Balaban J connectivity index is 0. The Hall–Kier alpha value is -0.650. The maximum Gasteiger partial charge on any atom is 0.243 e. The second-order valence-electron chi connectivity index (χ2n) is 6.01. The Morgan fingerprint density at radius 3 is 2.35 bits per heavy atom. The van der Waals surface area contributed by atoms with Crippen molar-refractivity contribution in [3.8, 4) is 0 Å². The summed E-state index contributed by atoms with van der Waals surface area (Å²) in [5.74, 6) is 0.643. The first-order chi connectivity index (χ1) is 12.0. The molecule has 0 bridgehead atoms. The molecule has 9 heteroatoms. The van der Waals surface area contributed by atoms with Crippen molar-refractivity contribution in [2.45, 2.75) is 19.8 Å². The summed E-state index contributed by atoms with van der Waals surface area (Å²) in [5.41, 5.74) is 0. The van der Waals surface area contributed by atoms with Crippen LogP contribution >= 0.6 is 24.0 Å². The van der Waals surface area contributed by atoms with Crippen LogP contribution in [-0.2, 0) is 14.3 Å². The van der Waals surface area contributed by atoms with Gasteiger partial charge in [-0.15, -0.1) is 24.0 Å². The van der Waals surface area contributed by atoms with Gasteiger partial charge < -0.3 is 29.9 Å². The highest BCUT2D eigenvalue weighted by atomic mass is 127. The van der Waals surface area contributed by atoms with Crippen LogP contribution in [0.2, 0.25) is 0 Å². The van der Waals surface area contributed by atoms with Crippen molar-refractivity contribution in [1.82, 2.24) is 20.4 Å². The average Bonchev–Trinajstić information content (AvgIpc) is 2.58. The van der Waals surface area contributed by atoms with Gasteiger partial charge >= 0.3 is 0 Å². The monoisotopic (exact) mass is 487 g/mol. The highest BCUT2D eigenvalue weighted by Gasteiger charge is 2.05. The minimum absolute atomic E-state index is 0. The molecule has 0 fully saturated rings. The zero-order valence-electron chi connectivity index (χ0n) is 17.0. The Morgan fingerprint density at radius 2 is 1.73 bits per heavy atom. The molecule has 0 spiro atoms. The van der Waals surface area contributed by atoms with Crippen molar-refractivity contribution >= 4 is 35.8 Å². The number of likely N-dealkylation sites (N-methyl/N-ethyl adjacent to an activating group) is 2. The number of ether oxygens (including phenoxy) is 2. The molecule has 0 unspecified atom stereocenters. The van der Waals surface area contributed by atoms with Gasteiger partial charge in [0.15, 0.2) is 5.96 Å². The lowest BCUT2D eigenvalue weighted by Gasteiger charge is -2.18. The van der Waals surface area contributed by atoms with E-state index < -0.39 is 0 Å². The largest absolute Gasteiger partial charge is 0.385 e. The number of nitrogens with one attached hydrogen (secondary N) is 2. The van der Waals surface area contributed by atoms with Gasteiger partial charge in [0.2, 0.25) is 5.91 Å². The highest BCUT2D eigenvalue weighted by Crippen LogP contribution is 1.88. The van der Waals surface area contributed by atoms with Crippen molar-refractivity contribution in [2.75, 3.05) is 80.8 Å². The summed E-state index contributed by atoms with van der Waals surface area (Å²) in [6.45, 7) is 7.74. The van der Waals surface area contributed by atoms with E-state index in [-0.39, 0.29) is 36.4 Å². The number of rotatable bonds is 14. The number of hydrogen-bond donors (Lipinski definition) is 2. The predicted molar refractivity (Wildman–Crippen MR) is 118 cm³/mol. The summed E-state index contributed by atoms with van der Waals surface area (Å²) in [6, 6.07) is 0. The zero-order chi connectivity index (χ0) is 18.9. The first-order valence-electron chi connectivity index (χ1n) is 8.98. The van der Waals surface area contributed by atoms with E-state index in [2.05, 4.69) is 27.6 Å². The van der Waals surface area contributed by atoms with Crippen molar-refractivity contribution in [3.63, 3.8) is 0 Å². The van der Waals surface area contributed by atoms with Gasteiger partial charge in [-0.05, 0) is 26.8 Å². The van der Waals surface area contributed by atoms with E-state index in [1.54, 1.807) is 26.1 Å². The van der Waals surface area contributed by atoms with E-state index >= 15 is 0 Å². The van der Waals surface area contributed by atoms with Crippen LogP contribution in [0, 0.1) is 0 Å². The summed E-state index contributed by atoms with van der Waals surface area (Å²) < 4.78 is 10.4. The summed E-state index contributed by atoms with van der Waals surface area (Å²) >= 11 is 0. The van der Waals surface area contributed by atoms with Gasteiger partial charge in [0.25, 0.3) is 0 Å². The number of nitrogens with zero attached hydrogens (tertiary/aromatic N) is 3. The second-order valence-corrected chi connectivity index (χ2v) is 6.01. The molecule has 8 nitrogen and oxygen atoms in total. The second kappa shape index (κ2) is 19.1. The third kappa shape index (κ3) is 16.8. The Bertz CT molecular complexity index is 370. The smallest absolute Gasteiger partial charge is 0.243 e. The molecular formula is C17H38IN5O3. The normalized spacial score (nSPS) is 11.2. The summed E-state index contributed by atoms with van der Waals surface area (Å²) in [7, 11) is 7.26. The molecule has 0 atom stereocenters. The van der Waals surface area contributed by atoms with Crippen LogP contribution in [0.25, 0.3) is 0 Å². The van der Waals surface area contributed by atoms with Crippen molar-refractivity contribution in [2.24, 2.45) is 4.99 Å². The lowest BCUT2D eigenvalue weighted by atomic mass is 10.4. The van der Waals surface area contributed by atoms with Gasteiger partial charge in [0.1, 0.15) is 6.54 Å². The minimum Gasteiger partial charge on any atom is -0.385 e. The van der Waals surface area contributed by atoms with Gasteiger partial charge in [-0.25, -0.2) is 4.99 Å². The Morgan fingerprint density at radius 1 is 1.04 bits per heavy atom. The number of amides is 1. The van der Waals surface area contributed by atoms with E-state index in [0.29, 0.717) is 5.96 Å². The highest BCUT2D eigenvalue weighted by molar-refractivity contribution is 14.0. The van der Waals surface area contributed by atoms with Crippen LogP contribution in [0.15, 0.2) is 4.99 Å². The lowest BCUT2D eigenvalue weighted by Crippen LogP contribution is -2.42. The van der Waals surface area contributed by atoms with Crippen LogP contribution in [0.5, 0.6) is 0 Å². The molecule has 0 saturated carbocycles. The average molecular weight is 487 g/mol. The number of halogens is 1. The fourth-order valence-electron chi connectivity index (χ4n) is 1.94. The summed E-state index contributed by atoms with van der Waals surface area (Å²) in [5, 5.41) is 6.53. The molecule has 0 aromatic carbocycles. The van der Waals surface area contributed by atoms with Gasteiger partial charge in [-0.1, -0.05) is 0 Å². The molecule has 0 radical (unpaired) electrons. The van der Waals surface area contributed by atoms with Gasteiger partial charge in [0.05, 0.1) is 0 Å². The predicted octanol–water partition coefficient (Wildman–Crippen LogP) is 0.623. The fraction of sp³-hybridized carbons (Fsp3) is 0.882. The molecule has 2 N–H and O–H groups in total. The first kappa shape index (κ1) is 27.6. The molecule has 0 aliphatic carbocycles. The van der Waals surface area contributed by atoms with Crippen LogP contribution in [0.4, 0.5) is 0 Å². The molecular weight excluding hydrogens is 449 g/mol. The third-order valence-corrected chi connectivity index (χ3v) is 3.51. The molecule has 0 aliphatic rings. The van der Waals surface area contributed by atoms with E-state index in [1.165, 1.54) is 0 Å². The Kier molecular flexibility index (Phi) is 20.3. The SMILES string of the molecule is CCOCCCNC(=NCC(=O)N(C)C)NCCN(C)CCCOC.I. The van der Waals surface area contributed by atoms with Crippen LogP contribution in [-0.4, -0.2) is 102 Å².